The fourth-order valence-corrected chi connectivity index (χ4v) is 2.87. The monoisotopic (exact) mass is 331 g/mol. The normalized spacial score (nSPS) is 11.1. The van der Waals surface area contributed by atoms with Gasteiger partial charge in [0.2, 0.25) is 0 Å². The van der Waals surface area contributed by atoms with Gasteiger partial charge in [0.25, 0.3) is 5.56 Å². The van der Waals surface area contributed by atoms with Gasteiger partial charge in [-0.05, 0) is 43.2 Å². The van der Waals surface area contributed by atoms with Crippen molar-refractivity contribution in [3.8, 4) is 5.69 Å². The Bertz CT molecular complexity index is 1110. The molecule has 0 unspecified atom stereocenters. The Morgan fingerprint density at radius 2 is 1.92 bits per heavy atom. The third-order valence-electron chi connectivity index (χ3n) is 4.42. The summed E-state index contributed by atoms with van der Waals surface area (Å²) in [5.41, 5.74) is 4.48. The molecule has 0 spiro atoms. The van der Waals surface area contributed by atoms with Crippen molar-refractivity contribution in [1.82, 2.24) is 24.3 Å². The minimum Gasteiger partial charge on any atom is -0.292 e. The molecule has 0 radical (unpaired) electrons. The average molecular weight is 331 g/mol. The highest BCUT2D eigenvalue weighted by Gasteiger charge is 2.13. The lowest BCUT2D eigenvalue weighted by molar-refractivity contribution is 0.727. The number of pyridine rings is 1. The van der Waals surface area contributed by atoms with E-state index in [1.54, 1.807) is 28.0 Å². The van der Waals surface area contributed by atoms with Crippen molar-refractivity contribution in [3.63, 3.8) is 0 Å². The van der Waals surface area contributed by atoms with Gasteiger partial charge in [-0.15, -0.1) is 0 Å². The van der Waals surface area contributed by atoms with Crippen molar-refractivity contribution < 1.29 is 0 Å². The second-order valence-corrected chi connectivity index (χ2v) is 6.01. The number of rotatable bonds is 3. The summed E-state index contributed by atoms with van der Waals surface area (Å²) in [6.07, 6.45) is 4.86. The van der Waals surface area contributed by atoms with E-state index in [0.29, 0.717) is 17.6 Å². The minimum absolute atomic E-state index is 0.118. The number of aryl methyl sites for hydroxylation is 1. The van der Waals surface area contributed by atoms with E-state index >= 15 is 0 Å². The number of hydrogen-bond acceptors (Lipinski definition) is 4. The van der Waals surface area contributed by atoms with Crippen LogP contribution in [0.5, 0.6) is 0 Å². The third kappa shape index (κ3) is 2.61. The van der Waals surface area contributed by atoms with Crippen LogP contribution in [0.1, 0.15) is 16.8 Å². The molecular weight excluding hydrogens is 314 g/mol. The number of fused-ring (bicyclic) bond motifs is 1. The number of hydrogen-bond donors (Lipinski definition) is 0. The molecule has 6 nitrogen and oxygen atoms in total. The van der Waals surface area contributed by atoms with Crippen molar-refractivity contribution in [3.05, 3.63) is 82.3 Å². The van der Waals surface area contributed by atoms with Crippen LogP contribution in [0, 0.1) is 13.8 Å². The van der Waals surface area contributed by atoms with E-state index in [0.717, 1.165) is 16.9 Å². The average Bonchev–Trinajstić information content (AvgIpc) is 3.05. The fraction of sp³-hybridized carbons (Fsp3) is 0.158. The molecule has 3 aromatic heterocycles. The lowest BCUT2D eigenvalue weighted by Gasteiger charge is -2.09. The molecule has 0 aliphatic heterocycles. The molecule has 1 aromatic carbocycles. The van der Waals surface area contributed by atoms with E-state index in [2.05, 4.69) is 28.1 Å². The summed E-state index contributed by atoms with van der Waals surface area (Å²) in [6, 6.07) is 11.6. The van der Waals surface area contributed by atoms with E-state index in [9.17, 15) is 4.79 Å². The predicted octanol–water partition coefficient (Wildman–Crippen LogP) is 2.64. The Kier molecular flexibility index (Phi) is 3.65. The molecule has 0 atom stereocenters. The molecule has 0 aliphatic rings. The maximum atomic E-state index is 12.8. The Labute approximate surface area is 144 Å². The molecule has 4 aromatic rings. The molecule has 6 heteroatoms. The van der Waals surface area contributed by atoms with Gasteiger partial charge in [-0.3, -0.25) is 14.3 Å². The van der Waals surface area contributed by atoms with Gasteiger partial charge in [-0.25, -0.2) is 9.67 Å². The molecule has 0 fully saturated rings. The zero-order valence-corrected chi connectivity index (χ0v) is 14.0. The maximum Gasteiger partial charge on any atom is 0.264 e. The third-order valence-corrected chi connectivity index (χ3v) is 4.42. The van der Waals surface area contributed by atoms with Crippen LogP contribution in [0.2, 0.25) is 0 Å². The number of benzene rings is 1. The maximum absolute atomic E-state index is 12.8. The molecular formula is C19H17N5O. The highest BCUT2D eigenvalue weighted by Crippen LogP contribution is 2.19. The lowest BCUT2D eigenvalue weighted by atomic mass is 10.1. The largest absolute Gasteiger partial charge is 0.292 e. The summed E-state index contributed by atoms with van der Waals surface area (Å²) in [5, 5.41) is 4.90. The second kappa shape index (κ2) is 5.98. The van der Waals surface area contributed by atoms with Crippen molar-refractivity contribution in [1.29, 1.82) is 0 Å². The highest BCUT2D eigenvalue weighted by molar-refractivity contribution is 5.75. The summed E-state index contributed by atoms with van der Waals surface area (Å²) < 4.78 is 3.28. The van der Waals surface area contributed by atoms with E-state index in [4.69, 9.17) is 0 Å². The van der Waals surface area contributed by atoms with Crippen LogP contribution in [0.25, 0.3) is 16.7 Å². The molecule has 4 rings (SSSR count). The van der Waals surface area contributed by atoms with Gasteiger partial charge in [-0.2, -0.15) is 5.10 Å². The SMILES string of the molecule is Cc1cccc(-n2ncc3c(=O)n(Cc4ccccn4)cnc32)c1C. The molecule has 3 heterocycles. The molecule has 0 aliphatic carbocycles. The highest BCUT2D eigenvalue weighted by atomic mass is 16.1. The van der Waals surface area contributed by atoms with Gasteiger partial charge in [0.1, 0.15) is 11.7 Å². The molecule has 0 saturated heterocycles. The molecule has 0 amide bonds. The molecule has 25 heavy (non-hydrogen) atoms. The first-order valence-electron chi connectivity index (χ1n) is 8.05. The molecule has 0 bridgehead atoms. The fourth-order valence-electron chi connectivity index (χ4n) is 2.87. The quantitative estimate of drug-likeness (QED) is 0.579. The van der Waals surface area contributed by atoms with Crippen LogP contribution in [0.15, 0.2) is 59.9 Å². The zero-order valence-electron chi connectivity index (χ0n) is 14.0. The van der Waals surface area contributed by atoms with Gasteiger partial charge in [0, 0.05) is 6.20 Å². The van der Waals surface area contributed by atoms with E-state index < -0.39 is 0 Å². The van der Waals surface area contributed by atoms with Crippen molar-refractivity contribution >= 4 is 11.0 Å². The van der Waals surface area contributed by atoms with Crippen molar-refractivity contribution in [2.75, 3.05) is 0 Å². The standard InChI is InChI=1S/C19H17N5O/c1-13-6-5-8-17(14(13)2)24-18-16(10-22-24)19(25)23(12-21-18)11-15-7-3-4-9-20-15/h3-10,12H,11H2,1-2H3. The van der Waals surface area contributed by atoms with Crippen LogP contribution in [0.4, 0.5) is 0 Å². The Morgan fingerprint density at radius 3 is 2.72 bits per heavy atom. The Hall–Kier alpha value is -3.28. The molecule has 0 N–H and O–H groups in total. The van der Waals surface area contributed by atoms with Crippen LogP contribution in [-0.2, 0) is 6.54 Å². The summed E-state index contributed by atoms with van der Waals surface area (Å²) in [4.78, 5) is 21.5. The lowest BCUT2D eigenvalue weighted by Crippen LogP contribution is -2.21. The Balaban J connectivity index is 1.82. The first-order valence-corrected chi connectivity index (χ1v) is 8.05. The topological polar surface area (TPSA) is 65.6 Å². The van der Waals surface area contributed by atoms with Crippen molar-refractivity contribution in [2.45, 2.75) is 20.4 Å². The second-order valence-electron chi connectivity index (χ2n) is 6.01. The van der Waals surface area contributed by atoms with Crippen LogP contribution < -0.4 is 5.56 Å². The van der Waals surface area contributed by atoms with E-state index in [-0.39, 0.29) is 5.56 Å². The van der Waals surface area contributed by atoms with Gasteiger partial charge in [0.15, 0.2) is 5.65 Å². The molecule has 124 valence electrons. The smallest absolute Gasteiger partial charge is 0.264 e. The van der Waals surface area contributed by atoms with Crippen LogP contribution >= 0.6 is 0 Å². The summed E-state index contributed by atoms with van der Waals surface area (Å²) >= 11 is 0. The minimum atomic E-state index is -0.118. The number of nitrogens with zero attached hydrogens (tertiary/aromatic N) is 5. The Morgan fingerprint density at radius 1 is 1.04 bits per heavy atom. The first kappa shape index (κ1) is 15.3. The number of aromatic nitrogens is 5. The molecule has 0 saturated carbocycles. The summed E-state index contributed by atoms with van der Waals surface area (Å²) in [7, 11) is 0. The van der Waals surface area contributed by atoms with Gasteiger partial charge in [0.05, 0.1) is 24.1 Å². The summed E-state index contributed by atoms with van der Waals surface area (Å²) in [6.45, 7) is 4.48. The van der Waals surface area contributed by atoms with Crippen LogP contribution in [0.3, 0.4) is 0 Å². The predicted molar refractivity (Wildman–Crippen MR) is 95.9 cm³/mol. The van der Waals surface area contributed by atoms with Crippen molar-refractivity contribution in [2.24, 2.45) is 0 Å². The summed E-state index contributed by atoms with van der Waals surface area (Å²) in [5.74, 6) is 0. The zero-order chi connectivity index (χ0) is 17.4. The van der Waals surface area contributed by atoms with Gasteiger partial charge < -0.3 is 0 Å². The first-order chi connectivity index (χ1) is 12.1. The van der Waals surface area contributed by atoms with E-state index in [1.165, 1.54) is 5.56 Å². The van der Waals surface area contributed by atoms with E-state index in [1.807, 2.05) is 37.3 Å². The van der Waals surface area contributed by atoms with Gasteiger partial charge >= 0.3 is 0 Å². The van der Waals surface area contributed by atoms with Crippen LogP contribution in [-0.4, -0.2) is 24.3 Å². The van der Waals surface area contributed by atoms with Gasteiger partial charge in [-0.1, -0.05) is 18.2 Å².